The van der Waals surface area contributed by atoms with Gasteiger partial charge in [-0.3, -0.25) is 0 Å². The number of benzene rings is 1. The van der Waals surface area contributed by atoms with Gasteiger partial charge < -0.3 is 4.74 Å². The molecule has 2 rings (SSSR count). The zero-order valence-electron chi connectivity index (χ0n) is 9.66. The van der Waals surface area contributed by atoms with Gasteiger partial charge in [0.15, 0.2) is 5.69 Å². The van der Waals surface area contributed by atoms with E-state index >= 15 is 0 Å². The summed E-state index contributed by atoms with van der Waals surface area (Å²) >= 11 is 6.07. The molecular weight excluding hydrogens is 238 g/mol. The number of hydrogen-bond acceptors (Lipinski definition) is 3. The van der Waals surface area contributed by atoms with E-state index in [4.69, 9.17) is 16.3 Å². The summed E-state index contributed by atoms with van der Waals surface area (Å²) < 4.78 is 4.95. The van der Waals surface area contributed by atoms with E-state index in [-0.39, 0.29) is 0 Å². The fraction of sp³-hybridized carbons (Fsp3) is 0.231. The topological polar surface area (TPSA) is 39.2 Å². The van der Waals surface area contributed by atoms with Crippen molar-refractivity contribution >= 4 is 28.5 Å². The highest BCUT2D eigenvalue weighted by atomic mass is 35.5. The van der Waals surface area contributed by atoms with Crippen molar-refractivity contribution in [2.75, 3.05) is 6.61 Å². The summed E-state index contributed by atoms with van der Waals surface area (Å²) in [5.41, 5.74) is 1.82. The van der Waals surface area contributed by atoms with Gasteiger partial charge in [-0.05, 0) is 37.6 Å². The number of carbonyl (C=O) groups excluding carboxylic acids is 1. The number of nitrogens with zero attached hydrogens (tertiary/aromatic N) is 1. The third-order valence-corrected chi connectivity index (χ3v) is 2.79. The number of aryl methyl sites for hydroxylation is 1. The Morgan fingerprint density at radius 1 is 1.47 bits per heavy atom. The van der Waals surface area contributed by atoms with E-state index in [2.05, 4.69) is 4.98 Å². The number of esters is 1. The fourth-order valence-corrected chi connectivity index (χ4v) is 1.89. The van der Waals surface area contributed by atoms with Crippen molar-refractivity contribution in [1.29, 1.82) is 0 Å². The van der Waals surface area contributed by atoms with Crippen LogP contribution in [0.1, 0.15) is 23.0 Å². The molecule has 0 radical (unpaired) electrons. The van der Waals surface area contributed by atoms with Gasteiger partial charge in [0.1, 0.15) is 0 Å². The number of fused-ring (bicyclic) bond motifs is 1. The number of carbonyl (C=O) groups is 1. The van der Waals surface area contributed by atoms with Crippen molar-refractivity contribution in [2.24, 2.45) is 0 Å². The summed E-state index contributed by atoms with van der Waals surface area (Å²) in [6.45, 7) is 3.93. The lowest BCUT2D eigenvalue weighted by Crippen LogP contribution is -2.09. The van der Waals surface area contributed by atoms with Gasteiger partial charge >= 0.3 is 5.97 Å². The molecule has 0 aliphatic heterocycles. The Labute approximate surface area is 104 Å². The maximum Gasteiger partial charge on any atom is 0.357 e. The first-order chi connectivity index (χ1) is 8.13. The second kappa shape index (κ2) is 4.72. The SMILES string of the molecule is CCOC(=O)c1nc2cccc(Cl)c2cc1C. The van der Waals surface area contributed by atoms with Crippen molar-refractivity contribution in [3.05, 3.63) is 40.5 Å². The predicted molar refractivity (Wildman–Crippen MR) is 67.4 cm³/mol. The van der Waals surface area contributed by atoms with E-state index in [9.17, 15) is 4.79 Å². The maximum atomic E-state index is 11.7. The average molecular weight is 250 g/mol. The third-order valence-electron chi connectivity index (χ3n) is 2.47. The molecule has 0 aliphatic carbocycles. The van der Waals surface area contributed by atoms with Crippen LogP contribution in [0.5, 0.6) is 0 Å². The molecule has 0 unspecified atom stereocenters. The van der Waals surface area contributed by atoms with Crippen LogP contribution >= 0.6 is 11.6 Å². The monoisotopic (exact) mass is 249 g/mol. The van der Waals surface area contributed by atoms with E-state index in [0.29, 0.717) is 22.8 Å². The lowest BCUT2D eigenvalue weighted by atomic mass is 10.1. The number of ether oxygens (including phenoxy) is 1. The summed E-state index contributed by atoms with van der Waals surface area (Å²) in [5.74, 6) is -0.396. The summed E-state index contributed by atoms with van der Waals surface area (Å²) in [4.78, 5) is 16.0. The van der Waals surface area contributed by atoms with Gasteiger partial charge in [0.05, 0.1) is 12.1 Å². The first-order valence-electron chi connectivity index (χ1n) is 5.36. The number of pyridine rings is 1. The minimum Gasteiger partial charge on any atom is -0.461 e. The Kier molecular flexibility index (Phi) is 3.29. The molecule has 0 atom stereocenters. The highest BCUT2D eigenvalue weighted by molar-refractivity contribution is 6.35. The van der Waals surface area contributed by atoms with Crippen molar-refractivity contribution in [1.82, 2.24) is 4.98 Å². The van der Waals surface area contributed by atoms with Crippen molar-refractivity contribution in [2.45, 2.75) is 13.8 Å². The number of halogens is 1. The van der Waals surface area contributed by atoms with Crippen molar-refractivity contribution < 1.29 is 9.53 Å². The molecule has 0 N–H and O–H groups in total. The highest BCUT2D eigenvalue weighted by Crippen LogP contribution is 2.24. The predicted octanol–water partition coefficient (Wildman–Crippen LogP) is 3.37. The molecule has 1 aromatic heterocycles. The molecule has 2 aromatic rings. The number of hydrogen-bond donors (Lipinski definition) is 0. The van der Waals surface area contributed by atoms with E-state index in [0.717, 1.165) is 10.9 Å². The number of aromatic nitrogens is 1. The lowest BCUT2D eigenvalue weighted by Gasteiger charge is -2.07. The van der Waals surface area contributed by atoms with Gasteiger partial charge in [0.2, 0.25) is 0 Å². The maximum absolute atomic E-state index is 11.7. The molecule has 88 valence electrons. The Morgan fingerprint density at radius 2 is 2.24 bits per heavy atom. The van der Waals surface area contributed by atoms with E-state index in [1.807, 2.05) is 25.1 Å². The molecule has 0 saturated carbocycles. The summed E-state index contributed by atoms with van der Waals surface area (Å²) in [5, 5.41) is 1.48. The minimum atomic E-state index is -0.396. The second-order valence-electron chi connectivity index (χ2n) is 3.68. The Balaban J connectivity index is 2.60. The molecule has 0 spiro atoms. The largest absolute Gasteiger partial charge is 0.461 e. The van der Waals surface area contributed by atoms with Gasteiger partial charge in [-0.25, -0.2) is 9.78 Å². The Morgan fingerprint density at radius 3 is 2.94 bits per heavy atom. The molecule has 0 fully saturated rings. The molecule has 3 nitrogen and oxygen atoms in total. The zero-order valence-corrected chi connectivity index (χ0v) is 10.4. The van der Waals surface area contributed by atoms with Crippen LogP contribution in [-0.2, 0) is 4.74 Å². The van der Waals surface area contributed by atoms with E-state index in [1.165, 1.54) is 0 Å². The molecule has 0 aliphatic rings. The minimum absolute atomic E-state index is 0.341. The number of rotatable bonds is 2. The molecule has 1 aromatic carbocycles. The summed E-state index contributed by atoms with van der Waals surface area (Å²) in [7, 11) is 0. The van der Waals surface area contributed by atoms with Crippen LogP contribution in [0.25, 0.3) is 10.9 Å². The Bertz CT molecular complexity index is 581. The molecule has 1 heterocycles. The van der Waals surface area contributed by atoms with Gasteiger partial charge in [-0.2, -0.15) is 0 Å². The first kappa shape index (κ1) is 11.9. The van der Waals surface area contributed by atoms with Gasteiger partial charge in [-0.1, -0.05) is 17.7 Å². The quantitative estimate of drug-likeness (QED) is 0.766. The third kappa shape index (κ3) is 2.24. The fourth-order valence-electron chi connectivity index (χ4n) is 1.67. The Hall–Kier alpha value is -1.61. The van der Waals surface area contributed by atoms with Crippen LogP contribution in [0, 0.1) is 6.92 Å². The zero-order chi connectivity index (χ0) is 12.4. The van der Waals surface area contributed by atoms with Crippen LogP contribution in [0.15, 0.2) is 24.3 Å². The first-order valence-corrected chi connectivity index (χ1v) is 5.74. The van der Waals surface area contributed by atoms with Crippen molar-refractivity contribution in [3.8, 4) is 0 Å². The van der Waals surface area contributed by atoms with Crippen LogP contribution < -0.4 is 0 Å². The highest BCUT2D eigenvalue weighted by Gasteiger charge is 2.13. The molecule has 0 saturated heterocycles. The van der Waals surface area contributed by atoms with Crippen LogP contribution in [0.3, 0.4) is 0 Å². The van der Waals surface area contributed by atoms with E-state index in [1.54, 1.807) is 13.0 Å². The molecule has 17 heavy (non-hydrogen) atoms. The lowest BCUT2D eigenvalue weighted by molar-refractivity contribution is 0.0519. The standard InChI is InChI=1S/C13H12ClNO2/c1-3-17-13(16)12-8(2)7-9-10(14)5-4-6-11(9)15-12/h4-7H,3H2,1-2H3. The second-order valence-corrected chi connectivity index (χ2v) is 4.09. The molecular formula is C13H12ClNO2. The summed E-state index contributed by atoms with van der Waals surface area (Å²) in [6.07, 6.45) is 0. The molecule has 4 heteroatoms. The van der Waals surface area contributed by atoms with Gasteiger partial charge in [0, 0.05) is 10.4 Å². The van der Waals surface area contributed by atoms with Gasteiger partial charge in [-0.15, -0.1) is 0 Å². The van der Waals surface area contributed by atoms with Crippen molar-refractivity contribution in [3.63, 3.8) is 0 Å². The smallest absolute Gasteiger partial charge is 0.357 e. The summed E-state index contributed by atoms with van der Waals surface area (Å²) in [6, 6.07) is 7.29. The van der Waals surface area contributed by atoms with Crippen LogP contribution in [0.2, 0.25) is 5.02 Å². The van der Waals surface area contributed by atoms with Crippen LogP contribution in [0.4, 0.5) is 0 Å². The van der Waals surface area contributed by atoms with Crippen LogP contribution in [-0.4, -0.2) is 17.6 Å². The van der Waals surface area contributed by atoms with E-state index < -0.39 is 5.97 Å². The average Bonchev–Trinajstić information content (AvgIpc) is 2.30. The molecule has 0 bridgehead atoms. The normalized spacial score (nSPS) is 10.5. The molecule has 0 amide bonds. The van der Waals surface area contributed by atoms with Gasteiger partial charge in [0.25, 0.3) is 0 Å².